The van der Waals surface area contributed by atoms with Crippen molar-refractivity contribution >= 4 is 12.6 Å². The Morgan fingerprint density at radius 1 is 1.71 bits per heavy atom. The van der Waals surface area contributed by atoms with Crippen molar-refractivity contribution in [3.63, 3.8) is 0 Å². The smallest absolute Gasteiger partial charge is 0.230 e. The molecule has 98 valence electrons. The van der Waals surface area contributed by atoms with E-state index >= 15 is 0 Å². The Bertz CT molecular complexity index is 275. The van der Waals surface area contributed by atoms with Crippen molar-refractivity contribution in [2.75, 3.05) is 27.4 Å². The first-order chi connectivity index (χ1) is 8.06. The van der Waals surface area contributed by atoms with Gasteiger partial charge in [-0.1, -0.05) is 6.92 Å². The van der Waals surface area contributed by atoms with Gasteiger partial charge in [-0.2, -0.15) is 0 Å². The minimum absolute atomic E-state index is 0.0149. The van der Waals surface area contributed by atoms with Crippen LogP contribution in [0, 0.1) is 5.92 Å². The van der Waals surface area contributed by atoms with Crippen molar-refractivity contribution in [1.82, 2.24) is 10.6 Å². The molecule has 0 radical (unpaired) electrons. The van der Waals surface area contributed by atoms with Gasteiger partial charge in [-0.05, 0) is 19.4 Å². The van der Waals surface area contributed by atoms with Gasteiger partial charge in [0.1, 0.15) is 13.8 Å². The maximum atomic E-state index is 11.9. The van der Waals surface area contributed by atoms with Gasteiger partial charge in [0.2, 0.25) is 12.6 Å². The van der Waals surface area contributed by atoms with Gasteiger partial charge in [0, 0.05) is 13.2 Å². The minimum atomic E-state index is -0.157. The quantitative estimate of drug-likeness (QED) is 0.385. The third kappa shape index (κ3) is 4.09. The predicted molar refractivity (Wildman–Crippen MR) is 67.3 cm³/mol. The van der Waals surface area contributed by atoms with Crippen molar-refractivity contribution in [3.8, 4) is 0 Å². The number of nitrogens with one attached hydrogen (secondary N) is 2. The lowest BCUT2D eigenvalue weighted by atomic mass is 9.96. The van der Waals surface area contributed by atoms with E-state index < -0.39 is 0 Å². The highest BCUT2D eigenvalue weighted by atomic mass is 16.5. The van der Waals surface area contributed by atoms with E-state index in [1.54, 1.807) is 11.7 Å². The van der Waals surface area contributed by atoms with Gasteiger partial charge in [-0.3, -0.25) is 4.79 Å². The number of nitrogens with zero attached hydrogens (tertiary/aromatic N) is 1. The largest absolute Gasteiger partial charge is 0.379 e. The average molecular weight is 242 g/mol. The SMILES string of the molecule is C=[N+](C)CNC(=O)[C@H](C)[C@@H](OC)[C@@H]1CCCN1. The average Bonchev–Trinajstić information content (AvgIpc) is 2.80. The molecular weight excluding hydrogens is 218 g/mol. The molecule has 0 aromatic rings. The molecule has 1 rings (SSSR count). The Morgan fingerprint density at radius 2 is 2.41 bits per heavy atom. The molecular formula is C12H24N3O2+. The molecule has 3 atom stereocenters. The summed E-state index contributed by atoms with van der Waals surface area (Å²) < 4.78 is 7.15. The van der Waals surface area contributed by atoms with Crippen molar-refractivity contribution < 1.29 is 14.1 Å². The number of hydrogen-bond acceptors (Lipinski definition) is 3. The van der Waals surface area contributed by atoms with Gasteiger partial charge in [0.15, 0.2) is 0 Å². The standard InChI is InChI=1S/C12H23N3O2/c1-9(12(16)14-8-15(2)3)11(17-4)10-6-5-7-13-10/h9-11,13H,2,5-8H2,1,3-4H3/p+1/t9-,10+,11-/m1/s1. The second-order valence-corrected chi connectivity index (χ2v) is 4.75. The van der Waals surface area contributed by atoms with E-state index in [2.05, 4.69) is 17.4 Å². The Balaban J connectivity index is 2.49. The first-order valence-electron chi connectivity index (χ1n) is 6.11. The summed E-state index contributed by atoms with van der Waals surface area (Å²) in [6, 6.07) is 0.290. The Hall–Kier alpha value is -0.940. The molecule has 0 unspecified atom stereocenters. The lowest BCUT2D eigenvalue weighted by molar-refractivity contribution is -0.491. The summed E-state index contributed by atoms with van der Waals surface area (Å²) >= 11 is 0. The highest BCUT2D eigenvalue weighted by Gasteiger charge is 2.32. The minimum Gasteiger partial charge on any atom is -0.379 e. The third-order valence-corrected chi connectivity index (χ3v) is 3.20. The maximum absolute atomic E-state index is 11.9. The van der Waals surface area contributed by atoms with E-state index in [0.29, 0.717) is 12.7 Å². The fraction of sp³-hybridized carbons (Fsp3) is 0.833. The third-order valence-electron chi connectivity index (χ3n) is 3.20. The summed E-state index contributed by atoms with van der Waals surface area (Å²) in [6.07, 6.45) is 2.17. The summed E-state index contributed by atoms with van der Waals surface area (Å²) in [6.45, 7) is 7.07. The molecule has 0 aromatic carbocycles. The van der Waals surface area contributed by atoms with Crippen molar-refractivity contribution in [2.24, 2.45) is 5.92 Å². The Labute approximate surface area is 103 Å². The molecule has 1 saturated heterocycles. The number of ether oxygens (including phenoxy) is 1. The van der Waals surface area contributed by atoms with Gasteiger partial charge in [0.25, 0.3) is 0 Å². The number of carbonyl (C=O) groups is 1. The molecule has 1 aliphatic rings. The Morgan fingerprint density at radius 3 is 2.88 bits per heavy atom. The lowest BCUT2D eigenvalue weighted by Gasteiger charge is -2.27. The molecule has 0 bridgehead atoms. The number of amides is 1. The van der Waals surface area contributed by atoms with Gasteiger partial charge in [-0.25, -0.2) is 4.58 Å². The zero-order valence-electron chi connectivity index (χ0n) is 11.0. The second-order valence-electron chi connectivity index (χ2n) is 4.75. The van der Waals surface area contributed by atoms with Crippen LogP contribution >= 0.6 is 0 Å². The van der Waals surface area contributed by atoms with Crippen LogP contribution in [0.4, 0.5) is 0 Å². The van der Waals surface area contributed by atoms with E-state index in [4.69, 9.17) is 4.74 Å². The molecule has 5 nitrogen and oxygen atoms in total. The molecule has 1 heterocycles. The van der Waals surface area contributed by atoms with Gasteiger partial charge < -0.3 is 15.4 Å². The van der Waals surface area contributed by atoms with Crippen LogP contribution in [-0.4, -0.2) is 56.7 Å². The number of hydrogen-bond donors (Lipinski definition) is 2. The highest BCUT2D eigenvalue weighted by molar-refractivity contribution is 5.78. The highest BCUT2D eigenvalue weighted by Crippen LogP contribution is 2.18. The van der Waals surface area contributed by atoms with E-state index in [1.165, 1.54) is 0 Å². The van der Waals surface area contributed by atoms with Gasteiger partial charge >= 0.3 is 0 Å². The molecule has 1 aliphatic heterocycles. The zero-order valence-corrected chi connectivity index (χ0v) is 11.0. The summed E-state index contributed by atoms with van der Waals surface area (Å²) in [5.41, 5.74) is 0. The summed E-state index contributed by atoms with van der Waals surface area (Å²) in [7, 11) is 3.49. The number of rotatable bonds is 6. The van der Waals surface area contributed by atoms with Gasteiger partial charge in [0.05, 0.1) is 12.0 Å². The Kier molecular flexibility index (Phi) is 5.58. The van der Waals surface area contributed by atoms with Crippen LogP contribution in [0.5, 0.6) is 0 Å². The van der Waals surface area contributed by atoms with E-state index in [9.17, 15) is 4.79 Å². The van der Waals surface area contributed by atoms with Crippen molar-refractivity contribution in [1.29, 1.82) is 0 Å². The zero-order chi connectivity index (χ0) is 12.8. The van der Waals surface area contributed by atoms with Crippen molar-refractivity contribution in [3.05, 3.63) is 0 Å². The molecule has 5 heteroatoms. The molecule has 0 saturated carbocycles. The molecule has 1 amide bonds. The topological polar surface area (TPSA) is 53.4 Å². The van der Waals surface area contributed by atoms with Crippen LogP contribution in [0.2, 0.25) is 0 Å². The molecule has 1 fully saturated rings. The van der Waals surface area contributed by atoms with Crippen LogP contribution in [0.15, 0.2) is 0 Å². The van der Waals surface area contributed by atoms with E-state index in [1.807, 2.05) is 14.0 Å². The molecule has 17 heavy (non-hydrogen) atoms. The van der Waals surface area contributed by atoms with E-state index in [-0.39, 0.29) is 17.9 Å². The number of carbonyl (C=O) groups excluding carboxylic acids is 1. The van der Waals surface area contributed by atoms with Crippen LogP contribution in [-0.2, 0) is 9.53 Å². The first-order valence-corrected chi connectivity index (χ1v) is 6.11. The van der Waals surface area contributed by atoms with Crippen LogP contribution in [0.3, 0.4) is 0 Å². The van der Waals surface area contributed by atoms with E-state index in [0.717, 1.165) is 19.4 Å². The normalized spacial score (nSPS) is 23.1. The fourth-order valence-corrected chi connectivity index (χ4v) is 2.23. The van der Waals surface area contributed by atoms with Crippen LogP contribution in [0.1, 0.15) is 19.8 Å². The summed E-state index contributed by atoms with van der Waals surface area (Å²) in [5, 5.41) is 6.22. The second kappa shape index (κ2) is 6.71. The number of methoxy groups -OCH3 is 1. The molecule has 0 spiro atoms. The summed E-state index contributed by atoms with van der Waals surface area (Å²) in [4.78, 5) is 11.9. The van der Waals surface area contributed by atoms with Crippen molar-refractivity contribution in [2.45, 2.75) is 31.9 Å². The maximum Gasteiger partial charge on any atom is 0.230 e. The summed E-state index contributed by atoms with van der Waals surface area (Å²) in [5.74, 6) is -0.142. The fourth-order valence-electron chi connectivity index (χ4n) is 2.23. The monoisotopic (exact) mass is 242 g/mol. The molecule has 0 aromatic heterocycles. The first kappa shape index (κ1) is 14.1. The molecule has 2 N–H and O–H groups in total. The van der Waals surface area contributed by atoms with Crippen LogP contribution < -0.4 is 10.6 Å². The van der Waals surface area contributed by atoms with Gasteiger partial charge in [-0.15, -0.1) is 0 Å². The molecule has 0 aliphatic carbocycles. The lowest BCUT2D eigenvalue weighted by Crippen LogP contribution is -2.47. The predicted octanol–water partition coefficient (Wildman–Crippen LogP) is -0.194. The van der Waals surface area contributed by atoms with Crippen LogP contribution in [0.25, 0.3) is 0 Å².